The lowest BCUT2D eigenvalue weighted by atomic mass is 10.2. The van der Waals surface area contributed by atoms with Crippen molar-refractivity contribution in [3.8, 4) is 5.75 Å². The molecule has 0 aliphatic rings. The molecule has 2 N–H and O–H groups in total. The molecular weight excluding hydrogens is 429 g/mol. The summed E-state index contributed by atoms with van der Waals surface area (Å²) in [5, 5.41) is 3.21. The Morgan fingerprint density at radius 1 is 1.00 bits per heavy atom. The van der Waals surface area contributed by atoms with Crippen LogP contribution in [0.5, 0.6) is 5.75 Å². The van der Waals surface area contributed by atoms with Gasteiger partial charge in [0, 0.05) is 30.7 Å². The Morgan fingerprint density at radius 2 is 1.73 bits per heavy atom. The van der Waals surface area contributed by atoms with Crippen molar-refractivity contribution in [3.05, 3.63) is 77.9 Å². The molecule has 0 atom stereocenters. The lowest BCUT2D eigenvalue weighted by Gasteiger charge is -2.13. The molecule has 1 heterocycles. The van der Waals surface area contributed by atoms with E-state index in [2.05, 4.69) is 15.0 Å². The average molecular weight is 452 g/mol. The molecule has 0 amide bonds. The number of hydrogen-bond acceptors (Lipinski definition) is 5. The van der Waals surface area contributed by atoms with E-state index in [1.54, 1.807) is 31.5 Å². The van der Waals surface area contributed by atoms with Crippen LogP contribution in [0.15, 0.2) is 65.8 Å². The van der Waals surface area contributed by atoms with Gasteiger partial charge in [0.05, 0.1) is 10.6 Å². The molecule has 2 aromatic carbocycles. The summed E-state index contributed by atoms with van der Waals surface area (Å²) in [5.74, 6) is 0.0723. The van der Waals surface area contributed by atoms with Gasteiger partial charge in [-0.2, -0.15) is 0 Å². The SMILES string of the molecule is Cc1cc(NS(=O)(=O)c2ccc(F)cc2C)cc(OCCNc2ccncc2)c1.Cl. The molecular formula is C21H23ClFN3O3S. The molecule has 0 radical (unpaired) electrons. The maximum Gasteiger partial charge on any atom is 0.262 e. The summed E-state index contributed by atoms with van der Waals surface area (Å²) in [7, 11) is -3.85. The van der Waals surface area contributed by atoms with Crippen molar-refractivity contribution in [2.45, 2.75) is 18.7 Å². The van der Waals surface area contributed by atoms with Gasteiger partial charge in [0.1, 0.15) is 18.2 Å². The lowest BCUT2D eigenvalue weighted by Crippen LogP contribution is -2.15. The van der Waals surface area contributed by atoms with Gasteiger partial charge in [0.2, 0.25) is 0 Å². The number of nitrogens with zero attached hydrogens (tertiary/aromatic N) is 1. The second-order valence-electron chi connectivity index (χ2n) is 6.56. The maximum absolute atomic E-state index is 13.3. The Kier molecular flexibility index (Phi) is 8.02. The third-order valence-corrected chi connectivity index (χ3v) is 5.65. The van der Waals surface area contributed by atoms with Crippen LogP contribution in [-0.4, -0.2) is 26.6 Å². The van der Waals surface area contributed by atoms with Crippen LogP contribution in [-0.2, 0) is 10.0 Å². The molecule has 0 aliphatic carbocycles. The zero-order valence-corrected chi connectivity index (χ0v) is 18.2. The largest absolute Gasteiger partial charge is 0.492 e. The monoisotopic (exact) mass is 451 g/mol. The number of benzene rings is 2. The van der Waals surface area contributed by atoms with Gasteiger partial charge in [0.15, 0.2) is 0 Å². The van der Waals surface area contributed by atoms with E-state index in [4.69, 9.17) is 4.74 Å². The molecule has 0 aliphatic heterocycles. The van der Waals surface area contributed by atoms with Gasteiger partial charge in [0.25, 0.3) is 10.0 Å². The highest BCUT2D eigenvalue weighted by Gasteiger charge is 2.18. The van der Waals surface area contributed by atoms with E-state index in [0.717, 1.165) is 17.3 Å². The molecule has 0 saturated heterocycles. The summed E-state index contributed by atoms with van der Waals surface area (Å²) in [5.41, 5.74) is 2.50. The Balaban J connectivity index is 0.00000320. The normalized spacial score (nSPS) is 10.8. The third kappa shape index (κ3) is 6.33. The standard InChI is InChI=1S/C21H22FN3O3S.ClH/c1-15-11-19(25-29(26,27)21-4-3-17(22)13-16(21)2)14-20(12-15)28-10-9-24-18-5-7-23-8-6-18;/h3-8,11-14,25H,9-10H2,1-2H3,(H,23,24);1H. The number of hydrogen-bond donors (Lipinski definition) is 2. The molecule has 0 spiro atoms. The van der Waals surface area contributed by atoms with Crippen LogP contribution in [0.2, 0.25) is 0 Å². The van der Waals surface area contributed by atoms with E-state index in [-0.39, 0.29) is 17.3 Å². The van der Waals surface area contributed by atoms with E-state index in [1.165, 1.54) is 12.1 Å². The Hall–Kier alpha value is -2.84. The summed E-state index contributed by atoms with van der Waals surface area (Å²) >= 11 is 0. The maximum atomic E-state index is 13.3. The molecule has 3 aromatic rings. The van der Waals surface area contributed by atoms with Gasteiger partial charge < -0.3 is 10.1 Å². The first-order valence-corrected chi connectivity index (χ1v) is 10.5. The molecule has 9 heteroatoms. The first-order chi connectivity index (χ1) is 13.8. The van der Waals surface area contributed by atoms with Crippen molar-refractivity contribution in [3.63, 3.8) is 0 Å². The molecule has 0 fully saturated rings. The summed E-state index contributed by atoms with van der Waals surface area (Å²) in [4.78, 5) is 3.99. The van der Waals surface area contributed by atoms with Crippen LogP contribution < -0.4 is 14.8 Å². The van der Waals surface area contributed by atoms with Crippen molar-refractivity contribution in [2.24, 2.45) is 0 Å². The molecule has 0 unspecified atom stereocenters. The number of aryl methyl sites for hydroxylation is 2. The number of aromatic nitrogens is 1. The topological polar surface area (TPSA) is 80.3 Å². The number of sulfonamides is 1. The fraction of sp³-hybridized carbons (Fsp3) is 0.190. The quantitative estimate of drug-likeness (QED) is 0.491. The summed E-state index contributed by atoms with van der Waals surface area (Å²) in [6.45, 7) is 4.38. The van der Waals surface area contributed by atoms with Crippen LogP contribution in [0.4, 0.5) is 15.8 Å². The van der Waals surface area contributed by atoms with Gasteiger partial charge >= 0.3 is 0 Å². The fourth-order valence-electron chi connectivity index (χ4n) is 2.85. The predicted molar refractivity (Wildman–Crippen MR) is 119 cm³/mol. The van der Waals surface area contributed by atoms with Crippen LogP contribution in [0, 0.1) is 19.7 Å². The summed E-state index contributed by atoms with van der Waals surface area (Å²) < 4.78 is 46.9. The number of halogens is 2. The molecule has 160 valence electrons. The highest BCUT2D eigenvalue weighted by atomic mass is 35.5. The average Bonchev–Trinajstić information content (AvgIpc) is 2.65. The van der Waals surface area contributed by atoms with Gasteiger partial charge in [-0.3, -0.25) is 9.71 Å². The Morgan fingerprint density at radius 3 is 2.43 bits per heavy atom. The minimum absolute atomic E-state index is 0. The van der Waals surface area contributed by atoms with Gasteiger partial charge in [-0.05, 0) is 67.4 Å². The lowest BCUT2D eigenvalue weighted by molar-refractivity contribution is 0.333. The third-order valence-electron chi connectivity index (χ3n) is 4.11. The predicted octanol–water partition coefficient (Wildman–Crippen LogP) is 4.55. The van der Waals surface area contributed by atoms with E-state index in [1.807, 2.05) is 25.1 Å². The van der Waals surface area contributed by atoms with E-state index in [0.29, 0.717) is 30.2 Å². The molecule has 0 saturated carbocycles. The van der Waals surface area contributed by atoms with Crippen molar-refractivity contribution in [1.82, 2.24) is 4.98 Å². The van der Waals surface area contributed by atoms with E-state index >= 15 is 0 Å². The Bertz CT molecular complexity index is 1100. The minimum atomic E-state index is -3.85. The van der Waals surface area contributed by atoms with Gasteiger partial charge in [-0.25, -0.2) is 12.8 Å². The van der Waals surface area contributed by atoms with Gasteiger partial charge in [-0.15, -0.1) is 12.4 Å². The van der Waals surface area contributed by atoms with Crippen molar-refractivity contribution in [2.75, 3.05) is 23.2 Å². The van der Waals surface area contributed by atoms with Crippen LogP contribution in [0.1, 0.15) is 11.1 Å². The zero-order valence-electron chi connectivity index (χ0n) is 16.6. The molecule has 3 rings (SSSR count). The van der Waals surface area contributed by atoms with Crippen molar-refractivity contribution < 1.29 is 17.5 Å². The fourth-order valence-corrected chi connectivity index (χ4v) is 4.12. The van der Waals surface area contributed by atoms with E-state index < -0.39 is 15.8 Å². The molecule has 30 heavy (non-hydrogen) atoms. The van der Waals surface area contributed by atoms with Crippen LogP contribution in [0.3, 0.4) is 0 Å². The second-order valence-corrected chi connectivity index (χ2v) is 8.21. The number of ether oxygens (including phenoxy) is 1. The first kappa shape index (κ1) is 23.4. The summed E-state index contributed by atoms with van der Waals surface area (Å²) in [6, 6.07) is 12.4. The van der Waals surface area contributed by atoms with Crippen LogP contribution >= 0.6 is 12.4 Å². The number of rotatable bonds is 8. The van der Waals surface area contributed by atoms with Crippen molar-refractivity contribution >= 4 is 33.8 Å². The second kappa shape index (κ2) is 10.3. The van der Waals surface area contributed by atoms with Gasteiger partial charge in [-0.1, -0.05) is 0 Å². The minimum Gasteiger partial charge on any atom is -0.492 e. The smallest absolute Gasteiger partial charge is 0.262 e. The first-order valence-electron chi connectivity index (χ1n) is 9.01. The highest BCUT2D eigenvalue weighted by molar-refractivity contribution is 7.92. The molecule has 1 aromatic heterocycles. The Labute approximate surface area is 182 Å². The van der Waals surface area contributed by atoms with E-state index in [9.17, 15) is 12.8 Å². The highest BCUT2D eigenvalue weighted by Crippen LogP contribution is 2.25. The molecule has 6 nitrogen and oxygen atoms in total. The van der Waals surface area contributed by atoms with Crippen LogP contribution in [0.25, 0.3) is 0 Å². The number of anilines is 2. The number of nitrogens with one attached hydrogen (secondary N) is 2. The number of pyridine rings is 1. The zero-order chi connectivity index (χ0) is 20.9. The molecule has 0 bridgehead atoms. The summed E-state index contributed by atoms with van der Waals surface area (Å²) in [6.07, 6.45) is 3.40. The van der Waals surface area contributed by atoms with Crippen molar-refractivity contribution in [1.29, 1.82) is 0 Å².